The Bertz CT molecular complexity index is 925. The predicted octanol–water partition coefficient (Wildman–Crippen LogP) is 5.65. The smallest absolute Gasteiger partial charge is 0.281 e. The van der Waals surface area contributed by atoms with Crippen molar-refractivity contribution in [1.29, 1.82) is 5.26 Å². The molecule has 0 bridgehead atoms. The Morgan fingerprint density at radius 3 is 2.38 bits per heavy atom. The zero-order chi connectivity index (χ0) is 19.3. The highest BCUT2D eigenvalue weighted by Gasteiger charge is 2.19. The maximum atomic E-state index is 12.7. The lowest BCUT2D eigenvalue weighted by molar-refractivity contribution is 0.398. The number of rotatable bonds is 6. The van der Waals surface area contributed by atoms with Crippen LogP contribution in [0, 0.1) is 18.3 Å². The number of azo groups is 1. The second-order valence-electron chi connectivity index (χ2n) is 5.72. The van der Waals surface area contributed by atoms with Crippen molar-refractivity contribution in [2.24, 2.45) is 10.2 Å². The van der Waals surface area contributed by atoms with Crippen LogP contribution in [-0.2, 0) is 6.54 Å². The minimum absolute atomic E-state index is 0.000282. The molecule has 0 saturated carbocycles. The first kappa shape index (κ1) is 20.0. The van der Waals surface area contributed by atoms with E-state index in [1.165, 1.54) is 0 Å². The second-order valence-corrected chi connectivity index (χ2v) is 6.53. The van der Waals surface area contributed by atoms with Gasteiger partial charge in [0.1, 0.15) is 17.3 Å². The molecule has 0 aliphatic heterocycles. The van der Waals surface area contributed by atoms with Gasteiger partial charge in [0.2, 0.25) is 5.88 Å². The monoisotopic (exact) mass is 392 g/mol. The van der Waals surface area contributed by atoms with Crippen molar-refractivity contribution in [2.45, 2.75) is 39.7 Å². The van der Waals surface area contributed by atoms with Crippen molar-refractivity contribution in [3.05, 3.63) is 49.7 Å². The first-order chi connectivity index (χ1) is 12.4. The summed E-state index contributed by atoms with van der Waals surface area (Å²) in [6.07, 6.45) is 2.56. The first-order valence-corrected chi connectivity index (χ1v) is 8.90. The highest BCUT2D eigenvalue weighted by Crippen LogP contribution is 2.34. The fourth-order valence-corrected chi connectivity index (χ4v) is 2.94. The summed E-state index contributed by atoms with van der Waals surface area (Å²) < 4.78 is 1.16. The summed E-state index contributed by atoms with van der Waals surface area (Å²) in [6.45, 7) is 3.87. The van der Waals surface area contributed by atoms with Gasteiger partial charge in [-0.3, -0.25) is 9.36 Å². The lowest BCUT2D eigenvalue weighted by Crippen LogP contribution is -2.22. The number of hydrogen-bond donors (Lipinski definition) is 1. The Balaban J connectivity index is 2.58. The van der Waals surface area contributed by atoms with E-state index in [1.807, 2.05) is 13.0 Å². The normalized spacial score (nSPS) is 11.0. The highest BCUT2D eigenvalue weighted by atomic mass is 35.5. The van der Waals surface area contributed by atoms with Gasteiger partial charge in [0.15, 0.2) is 5.69 Å². The van der Waals surface area contributed by atoms with E-state index in [9.17, 15) is 15.2 Å². The molecule has 0 amide bonds. The Morgan fingerprint density at radius 2 is 1.81 bits per heavy atom. The van der Waals surface area contributed by atoms with E-state index >= 15 is 0 Å². The van der Waals surface area contributed by atoms with E-state index in [0.717, 1.165) is 17.4 Å². The molecule has 0 radical (unpaired) electrons. The van der Waals surface area contributed by atoms with E-state index in [1.54, 1.807) is 25.1 Å². The van der Waals surface area contributed by atoms with Gasteiger partial charge in [-0.15, -0.1) is 10.2 Å². The quantitative estimate of drug-likeness (QED) is 0.508. The van der Waals surface area contributed by atoms with Crippen molar-refractivity contribution < 1.29 is 5.11 Å². The average molecular weight is 393 g/mol. The largest absolute Gasteiger partial charge is 0.493 e. The maximum Gasteiger partial charge on any atom is 0.281 e. The van der Waals surface area contributed by atoms with Crippen LogP contribution in [0.25, 0.3) is 0 Å². The molecular weight excluding hydrogens is 375 g/mol. The summed E-state index contributed by atoms with van der Waals surface area (Å²) in [4.78, 5) is 12.7. The van der Waals surface area contributed by atoms with Crippen molar-refractivity contribution in [3.8, 4) is 11.9 Å². The molecule has 1 heterocycles. The van der Waals surface area contributed by atoms with Crippen molar-refractivity contribution in [1.82, 2.24) is 4.57 Å². The molecule has 2 rings (SSSR count). The van der Waals surface area contributed by atoms with Crippen LogP contribution in [0.4, 0.5) is 11.4 Å². The number of unbranched alkanes of at least 4 members (excludes halogenated alkanes) is 2. The number of aromatic nitrogens is 1. The van der Waals surface area contributed by atoms with Gasteiger partial charge in [0, 0.05) is 12.1 Å². The maximum absolute atomic E-state index is 12.7. The topological polar surface area (TPSA) is 90.7 Å². The summed E-state index contributed by atoms with van der Waals surface area (Å²) in [5.74, 6) is -0.346. The molecule has 0 unspecified atom stereocenters. The zero-order valence-electron chi connectivity index (χ0n) is 14.5. The highest BCUT2D eigenvalue weighted by molar-refractivity contribution is 6.38. The summed E-state index contributed by atoms with van der Waals surface area (Å²) in [6, 6.07) is 6.80. The molecule has 0 fully saturated rings. The van der Waals surface area contributed by atoms with E-state index in [4.69, 9.17) is 23.2 Å². The minimum Gasteiger partial charge on any atom is -0.493 e. The summed E-state index contributed by atoms with van der Waals surface area (Å²) in [5.41, 5.74) is -0.0402. The van der Waals surface area contributed by atoms with Crippen molar-refractivity contribution in [3.63, 3.8) is 0 Å². The minimum atomic E-state index is -0.512. The molecule has 6 nitrogen and oxygen atoms in total. The standard InChI is InChI=1S/C18H18Cl2N4O2/c1-3-4-5-9-24-17(25)12(10-21)11(2)15(18(24)26)22-23-16-13(19)7-6-8-14(16)20/h6-8,25H,3-5,9H2,1-2H3. The molecule has 0 spiro atoms. The molecule has 2 aromatic rings. The van der Waals surface area contributed by atoms with Crippen LogP contribution >= 0.6 is 23.2 Å². The Kier molecular flexibility index (Phi) is 6.78. The molecule has 1 aromatic carbocycles. The zero-order valence-corrected chi connectivity index (χ0v) is 16.0. The molecule has 0 aliphatic rings. The third-order valence-corrected chi connectivity index (χ3v) is 4.55. The molecule has 0 atom stereocenters. The molecular formula is C18H18Cl2N4O2. The Labute approximate surface area is 161 Å². The van der Waals surface area contributed by atoms with Crippen molar-refractivity contribution in [2.75, 3.05) is 0 Å². The fourth-order valence-electron chi connectivity index (χ4n) is 2.47. The van der Waals surface area contributed by atoms with E-state index in [-0.39, 0.29) is 28.4 Å². The lowest BCUT2D eigenvalue weighted by Gasteiger charge is -2.12. The van der Waals surface area contributed by atoms with Gasteiger partial charge in [-0.05, 0) is 25.5 Å². The predicted molar refractivity (Wildman–Crippen MR) is 102 cm³/mol. The number of benzene rings is 1. The van der Waals surface area contributed by atoms with Gasteiger partial charge in [-0.25, -0.2) is 0 Å². The number of hydrogen-bond acceptors (Lipinski definition) is 5. The van der Waals surface area contributed by atoms with Crippen LogP contribution in [-0.4, -0.2) is 9.67 Å². The van der Waals surface area contributed by atoms with Gasteiger partial charge in [-0.2, -0.15) is 5.26 Å². The average Bonchev–Trinajstić information content (AvgIpc) is 2.60. The molecule has 136 valence electrons. The van der Waals surface area contributed by atoms with Gasteiger partial charge in [-0.1, -0.05) is 49.0 Å². The van der Waals surface area contributed by atoms with Crippen LogP contribution in [0.5, 0.6) is 5.88 Å². The first-order valence-electron chi connectivity index (χ1n) is 8.14. The van der Waals surface area contributed by atoms with Crippen LogP contribution in [0.15, 0.2) is 33.2 Å². The molecule has 0 aliphatic carbocycles. The SMILES string of the molecule is CCCCCn1c(O)c(C#N)c(C)c(N=Nc2c(Cl)cccc2Cl)c1=O. The van der Waals surface area contributed by atoms with Crippen LogP contribution < -0.4 is 5.56 Å². The number of nitriles is 1. The fraction of sp³-hybridized carbons (Fsp3) is 0.333. The molecule has 8 heteroatoms. The van der Waals surface area contributed by atoms with E-state index in [0.29, 0.717) is 23.0 Å². The van der Waals surface area contributed by atoms with Crippen LogP contribution in [0.3, 0.4) is 0 Å². The van der Waals surface area contributed by atoms with Crippen LogP contribution in [0.1, 0.15) is 37.3 Å². The number of halogens is 2. The number of aromatic hydroxyl groups is 1. The number of pyridine rings is 1. The van der Waals surface area contributed by atoms with Gasteiger partial charge in [0.25, 0.3) is 5.56 Å². The van der Waals surface area contributed by atoms with Crippen LogP contribution in [0.2, 0.25) is 10.0 Å². The molecule has 0 saturated heterocycles. The molecule has 1 N–H and O–H groups in total. The molecule has 26 heavy (non-hydrogen) atoms. The third-order valence-electron chi connectivity index (χ3n) is 3.94. The van der Waals surface area contributed by atoms with E-state index < -0.39 is 5.56 Å². The Morgan fingerprint density at radius 1 is 1.19 bits per heavy atom. The Hall–Kier alpha value is -2.36. The summed E-state index contributed by atoms with van der Waals surface area (Å²) in [7, 11) is 0. The van der Waals surface area contributed by atoms with E-state index in [2.05, 4.69) is 10.2 Å². The third kappa shape index (κ3) is 4.06. The van der Waals surface area contributed by atoms with Crippen molar-refractivity contribution >= 4 is 34.6 Å². The van der Waals surface area contributed by atoms with Gasteiger partial charge >= 0.3 is 0 Å². The second kappa shape index (κ2) is 8.84. The van der Waals surface area contributed by atoms with Gasteiger partial charge < -0.3 is 5.11 Å². The summed E-state index contributed by atoms with van der Waals surface area (Å²) >= 11 is 12.1. The van der Waals surface area contributed by atoms with Gasteiger partial charge in [0.05, 0.1) is 10.0 Å². The number of nitrogens with zero attached hydrogens (tertiary/aromatic N) is 4. The lowest BCUT2D eigenvalue weighted by atomic mass is 10.1. The summed E-state index contributed by atoms with van der Waals surface area (Å²) in [5, 5.41) is 28.2. The molecule has 1 aromatic heterocycles.